The number of carbonyl (C=O) groups is 2. The van der Waals surface area contributed by atoms with Crippen molar-refractivity contribution in [3.05, 3.63) is 53.6 Å². The molecular weight excluding hydrogens is 344 g/mol. The van der Waals surface area contributed by atoms with Gasteiger partial charge in [0.25, 0.3) is 0 Å². The molecule has 0 heterocycles. The molecule has 0 spiro atoms. The molecule has 0 fully saturated rings. The van der Waals surface area contributed by atoms with E-state index in [0.717, 1.165) is 0 Å². The highest BCUT2D eigenvalue weighted by Gasteiger charge is 2.16. The lowest BCUT2D eigenvalue weighted by atomic mass is 10.3. The number of carbonyl (C=O) groups excluding carboxylic acids is 2. The number of hydrogen-bond acceptors (Lipinski definition) is 4. The SMILES string of the molecule is C#CCOC(=O)Nc1cccc(OC(=O)N(C)c2ccccc2Cl)c1. The molecule has 0 aliphatic carbocycles. The van der Waals surface area contributed by atoms with Crippen molar-refractivity contribution in [1.82, 2.24) is 0 Å². The Morgan fingerprint density at radius 3 is 2.72 bits per heavy atom. The summed E-state index contributed by atoms with van der Waals surface area (Å²) in [5.74, 6) is 2.43. The van der Waals surface area contributed by atoms with Crippen molar-refractivity contribution < 1.29 is 19.1 Å². The molecule has 0 saturated heterocycles. The second-order valence-electron chi connectivity index (χ2n) is 4.81. The van der Waals surface area contributed by atoms with Crippen LogP contribution in [-0.2, 0) is 4.74 Å². The molecule has 0 radical (unpaired) electrons. The van der Waals surface area contributed by atoms with E-state index < -0.39 is 12.2 Å². The van der Waals surface area contributed by atoms with Crippen molar-refractivity contribution in [3.63, 3.8) is 0 Å². The molecule has 1 N–H and O–H groups in total. The third kappa shape index (κ3) is 5.16. The van der Waals surface area contributed by atoms with E-state index in [1.165, 1.54) is 11.0 Å². The van der Waals surface area contributed by atoms with Gasteiger partial charge in [-0.15, -0.1) is 6.42 Å². The molecule has 0 saturated carbocycles. The van der Waals surface area contributed by atoms with Crippen LogP contribution in [0.5, 0.6) is 5.75 Å². The number of nitrogens with one attached hydrogen (secondary N) is 1. The Morgan fingerprint density at radius 1 is 1.24 bits per heavy atom. The fourth-order valence-electron chi connectivity index (χ4n) is 1.89. The summed E-state index contributed by atoms with van der Waals surface area (Å²) >= 11 is 6.07. The second-order valence-corrected chi connectivity index (χ2v) is 5.22. The van der Waals surface area contributed by atoms with E-state index in [1.807, 2.05) is 0 Å². The molecule has 25 heavy (non-hydrogen) atoms. The van der Waals surface area contributed by atoms with Gasteiger partial charge in [-0.1, -0.05) is 35.7 Å². The lowest BCUT2D eigenvalue weighted by molar-refractivity contribution is 0.176. The predicted molar refractivity (Wildman–Crippen MR) is 96.1 cm³/mol. The van der Waals surface area contributed by atoms with Gasteiger partial charge in [-0.05, 0) is 24.3 Å². The molecule has 7 heteroatoms. The van der Waals surface area contributed by atoms with Crippen molar-refractivity contribution in [2.45, 2.75) is 0 Å². The predicted octanol–water partition coefficient (Wildman–Crippen LogP) is 4.16. The number of nitrogens with zero attached hydrogens (tertiary/aromatic N) is 1. The molecule has 0 atom stereocenters. The van der Waals surface area contributed by atoms with Crippen LogP contribution in [0.4, 0.5) is 21.0 Å². The normalized spacial score (nSPS) is 9.64. The number of para-hydroxylation sites is 1. The van der Waals surface area contributed by atoms with Crippen LogP contribution in [0.2, 0.25) is 5.02 Å². The van der Waals surface area contributed by atoms with Gasteiger partial charge in [0.2, 0.25) is 0 Å². The minimum Gasteiger partial charge on any atom is -0.436 e. The van der Waals surface area contributed by atoms with Gasteiger partial charge in [-0.25, -0.2) is 9.59 Å². The van der Waals surface area contributed by atoms with E-state index in [4.69, 9.17) is 27.5 Å². The van der Waals surface area contributed by atoms with Gasteiger partial charge >= 0.3 is 12.2 Å². The third-order valence-electron chi connectivity index (χ3n) is 3.06. The number of terminal acetylenes is 1. The van der Waals surface area contributed by atoms with Gasteiger partial charge in [0.05, 0.1) is 10.7 Å². The van der Waals surface area contributed by atoms with Gasteiger partial charge in [0.1, 0.15) is 5.75 Å². The summed E-state index contributed by atoms with van der Waals surface area (Å²) in [5, 5.41) is 2.90. The summed E-state index contributed by atoms with van der Waals surface area (Å²) in [5.41, 5.74) is 0.911. The molecule has 2 aromatic rings. The average Bonchev–Trinajstić information content (AvgIpc) is 2.60. The maximum Gasteiger partial charge on any atom is 0.419 e. The number of hydrogen-bond donors (Lipinski definition) is 1. The van der Waals surface area contributed by atoms with E-state index in [9.17, 15) is 9.59 Å². The molecule has 2 aromatic carbocycles. The van der Waals surface area contributed by atoms with E-state index in [-0.39, 0.29) is 12.4 Å². The monoisotopic (exact) mass is 358 g/mol. The minimum atomic E-state index is -0.699. The highest BCUT2D eigenvalue weighted by Crippen LogP contribution is 2.25. The summed E-state index contributed by atoms with van der Waals surface area (Å²) in [6.45, 7) is -0.136. The van der Waals surface area contributed by atoms with Crippen LogP contribution < -0.4 is 15.0 Å². The quantitative estimate of drug-likeness (QED) is 0.833. The first-order valence-corrected chi connectivity index (χ1v) is 7.56. The molecule has 2 rings (SSSR count). The molecule has 128 valence electrons. The van der Waals surface area contributed by atoms with E-state index in [0.29, 0.717) is 16.4 Å². The molecule has 0 aliphatic heterocycles. The Morgan fingerprint density at radius 2 is 2.00 bits per heavy atom. The average molecular weight is 359 g/mol. The molecule has 0 bridgehead atoms. The van der Waals surface area contributed by atoms with Crippen LogP contribution >= 0.6 is 11.6 Å². The van der Waals surface area contributed by atoms with Crippen LogP contribution in [0.25, 0.3) is 0 Å². The largest absolute Gasteiger partial charge is 0.436 e. The molecule has 0 unspecified atom stereocenters. The molecule has 2 amide bonds. The molecule has 6 nitrogen and oxygen atoms in total. The maximum absolute atomic E-state index is 12.3. The number of benzene rings is 2. The van der Waals surface area contributed by atoms with Gasteiger partial charge in [0.15, 0.2) is 6.61 Å². The van der Waals surface area contributed by atoms with E-state index >= 15 is 0 Å². The van der Waals surface area contributed by atoms with E-state index in [1.54, 1.807) is 49.5 Å². The van der Waals surface area contributed by atoms with Crippen molar-refractivity contribution in [1.29, 1.82) is 0 Å². The van der Waals surface area contributed by atoms with Crippen molar-refractivity contribution in [2.75, 3.05) is 23.9 Å². The fourth-order valence-corrected chi connectivity index (χ4v) is 2.15. The summed E-state index contributed by atoms with van der Waals surface area (Å²) in [6, 6.07) is 13.2. The van der Waals surface area contributed by atoms with Crippen molar-refractivity contribution in [2.24, 2.45) is 0 Å². The minimum absolute atomic E-state index is 0.136. The summed E-state index contributed by atoms with van der Waals surface area (Å²) < 4.78 is 10.0. The zero-order valence-electron chi connectivity index (χ0n) is 13.4. The summed E-state index contributed by atoms with van der Waals surface area (Å²) in [7, 11) is 1.54. The smallest absolute Gasteiger partial charge is 0.419 e. The Kier molecular flexibility index (Phi) is 6.26. The van der Waals surface area contributed by atoms with Crippen LogP contribution in [-0.4, -0.2) is 25.8 Å². The number of amides is 2. The number of rotatable bonds is 4. The van der Waals surface area contributed by atoms with Gasteiger partial charge in [-0.3, -0.25) is 10.2 Å². The Hall–Kier alpha value is -3.17. The lowest BCUT2D eigenvalue weighted by Gasteiger charge is -2.18. The van der Waals surface area contributed by atoms with Crippen LogP contribution in [0, 0.1) is 12.3 Å². The van der Waals surface area contributed by atoms with Crippen molar-refractivity contribution >= 4 is 35.2 Å². The maximum atomic E-state index is 12.3. The Bertz CT molecular complexity index is 817. The first kappa shape index (κ1) is 18.2. The molecule has 0 aliphatic rings. The molecule has 0 aromatic heterocycles. The highest BCUT2D eigenvalue weighted by atomic mass is 35.5. The fraction of sp³-hybridized carbons (Fsp3) is 0.111. The lowest BCUT2D eigenvalue weighted by Crippen LogP contribution is -2.29. The zero-order valence-corrected chi connectivity index (χ0v) is 14.1. The first-order chi connectivity index (χ1) is 12.0. The summed E-state index contributed by atoms with van der Waals surface area (Å²) in [6.07, 6.45) is 3.69. The van der Waals surface area contributed by atoms with Gasteiger partial charge in [0, 0.05) is 18.8 Å². The Labute approximate surface area is 150 Å². The van der Waals surface area contributed by atoms with Crippen LogP contribution in [0.15, 0.2) is 48.5 Å². The highest BCUT2D eigenvalue weighted by molar-refractivity contribution is 6.33. The van der Waals surface area contributed by atoms with Crippen LogP contribution in [0.3, 0.4) is 0 Å². The van der Waals surface area contributed by atoms with Gasteiger partial charge < -0.3 is 9.47 Å². The first-order valence-electron chi connectivity index (χ1n) is 7.18. The van der Waals surface area contributed by atoms with E-state index in [2.05, 4.69) is 11.2 Å². The molecular formula is C18H15ClN2O4. The summed E-state index contributed by atoms with van der Waals surface area (Å²) in [4.78, 5) is 25.0. The third-order valence-corrected chi connectivity index (χ3v) is 3.38. The van der Waals surface area contributed by atoms with Crippen molar-refractivity contribution in [3.8, 4) is 18.1 Å². The zero-order chi connectivity index (χ0) is 18.2. The number of halogens is 1. The van der Waals surface area contributed by atoms with Gasteiger partial charge in [-0.2, -0.15) is 0 Å². The Balaban J connectivity index is 2.04. The number of anilines is 2. The topological polar surface area (TPSA) is 67.9 Å². The second kappa shape index (κ2) is 8.62. The van der Waals surface area contributed by atoms with Crippen LogP contribution in [0.1, 0.15) is 0 Å². The standard InChI is InChI=1S/C18H15ClN2O4/c1-3-11-24-17(22)20-13-7-6-8-14(12-13)25-18(23)21(2)16-10-5-4-9-15(16)19/h1,4-10,12H,11H2,2H3,(H,20,22). The number of ether oxygens (including phenoxy) is 2.